The molecule has 0 radical (unpaired) electrons. The Kier molecular flexibility index (Phi) is 8.55. The van der Waals surface area contributed by atoms with E-state index < -0.39 is 5.97 Å². The molecule has 6 rings (SSSR count). The Labute approximate surface area is 223 Å². The lowest BCUT2D eigenvalue weighted by Gasteiger charge is -2.57. The first-order valence-corrected chi connectivity index (χ1v) is 14.7. The Morgan fingerprint density at radius 1 is 0.865 bits per heavy atom. The molecule has 196 valence electrons. The standard InChI is InChI=1S/C34H42O3/c1-2-3-4-5-6-7-11-17-36-32-15-14-26(16-18-37-33(35)30-12-9-8-10-13-30)22-31(32)34-23-27-19-28(24-34)21-29(20-27)25-34/h8-10,12-15,22,27-29H,2-7,11,17,19-21,23-25H2,1H3. The summed E-state index contributed by atoms with van der Waals surface area (Å²) in [6.45, 7) is 3.05. The molecule has 0 atom stereocenters. The minimum absolute atomic E-state index is 0.225. The van der Waals surface area contributed by atoms with Gasteiger partial charge in [0.1, 0.15) is 11.9 Å². The molecule has 4 saturated carbocycles. The van der Waals surface area contributed by atoms with E-state index in [1.54, 1.807) is 12.1 Å². The van der Waals surface area contributed by atoms with Gasteiger partial charge in [-0.2, -0.15) is 0 Å². The van der Waals surface area contributed by atoms with Gasteiger partial charge in [0.2, 0.25) is 0 Å². The molecule has 0 spiro atoms. The topological polar surface area (TPSA) is 35.5 Å². The molecule has 3 heteroatoms. The van der Waals surface area contributed by atoms with E-state index >= 15 is 0 Å². The fourth-order valence-corrected chi connectivity index (χ4v) is 7.59. The maximum Gasteiger partial charge on any atom is 0.352 e. The van der Waals surface area contributed by atoms with Crippen molar-refractivity contribution >= 4 is 5.97 Å². The highest BCUT2D eigenvalue weighted by molar-refractivity contribution is 5.90. The van der Waals surface area contributed by atoms with Crippen LogP contribution in [0.5, 0.6) is 5.75 Å². The average Bonchev–Trinajstić information content (AvgIpc) is 2.90. The van der Waals surface area contributed by atoms with Gasteiger partial charge in [-0.3, -0.25) is 0 Å². The minimum Gasteiger partial charge on any atom is -0.493 e. The van der Waals surface area contributed by atoms with Crippen LogP contribution in [0.15, 0.2) is 48.5 Å². The number of carbonyl (C=O) groups excluding carboxylic acids is 1. The number of rotatable bonds is 11. The monoisotopic (exact) mass is 498 g/mol. The summed E-state index contributed by atoms with van der Waals surface area (Å²) >= 11 is 0. The number of hydrogen-bond acceptors (Lipinski definition) is 3. The first kappa shape index (κ1) is 25.9. The van der Waals surface area contributed by atoms with Crippen LogP contribution in [0.4, 0.5) is 0 Å². The maximum atomic E-state index is 12.3. The second kappa shape index (κ2) is 12.2. The molecule has 0 amide bonds. The number of unbranched alkanes of at least 4 members (excludes halogenated alkanes) is 6. The van der Waals surface area contributed by atoms with E-state index in [0.717, 1.165) is 42.1 Å². The lowest BCUT2D eigenvalue weighted by Crippen LogP contribution is -2.48. The molecule has 4 aliphatic carbocycles. The van der Waals surface area contributed by atoms with Crippen LogP contribution in [-0.4, -0.2) is 12.6 Å². The third-order valence-corrected chi connectivity index (χ3v) is 8.94. The van der Waals surface area contributed by atoms with E-state index in [4.69, 9.17) is 9.47 Å². The van der Waals surface area contributed by atoms with Crippen molar-refractivity contribution in [2.45, 2.75) is 95.8 Å². The lowest BCUT2D eigenvalue weighted by atomic mass is 9.48. The zero-order chi connectivity index (χ0) is 25.5. The van der Waals surface area contributed by atoms with Crippen LogP contribution < -0.4 is 4.74 Å². The molecule has 37 heavy (non-hydrogen) atoms. The normalized spacial score (nSPS) is 25.4. The molecule has 0 saturated heterocycles. The van der Waals surface area contributed by atoms with Crippen LogP contribution in [0, 0.1) is 29.8 Å². The Morgan fingerprint density at radius 3 is 2.19 bits per heavy atom. The van der Waals surface area contributed by atoms with Gasteiger partial charge in [-0.05, 0) is 104 Å². The minimum atomic E-state index is -0.413. The average molecular weight is 499 g/mol. The van der Waals surface area contributed by atoms with Crippen LogP contribution in [0.25, 0.3) is 0 Å². The van der Waals surface area contributed by atoms with Crippen molar-refractivity contribution in [2.75, 3.05) is 6.61 Å². The highest BCUT2D eigenvalue weighted by Gasteiger charge is 2.52. The van der Waals surface area contributed by atoms with Crippen molar-refractivity contribution in [3.8, 4) is 17.8 Å². The van der Waals surface area contributed by atoms with Gasteiger partial charge in [0.15, 0.2) is 0 Å². The van der Waals surface area contributed by atoms with E-state index in [9.17, 15) is 4.79 Å². The summed E-state index contributed by atoms with van der Waals surface area (Å²) in [4.78, 5) is 12.3. The summed E-state index contributed by atoms with van der Waals surface area (Å²) in [5.74, 6) is 6.33. The predicted molar refractivity (Wildman–Crippen MR) is 149 cm³/mol. The van der Waals surface area contributed by atoms with Crippen molar-refractivity contribution in [1.29, 1.82) is 0 Å². The first-order chi connectivity index (χ1) is 18.1. The SMILES string of the molecule is CCCCCCCCCOc1ccc(C#COC(=O)c2ccccc2)cc1C12CC3CC(CC(C3)C1)C2. The number of esters is 1. The number of benzene rings is 2. The van der Waals surface area contributed by atoms with Crippen molar-refractivity contribution in [3.63, 3.8) is 0 Å². The summed E-state index contributed by atoms with van der Waals surface area (Å²) in [5.41, 5.74) is 2.99. The third-order valence-electron chi connectivity index (χ3n) is 8.94. The number of carbonyl (C=O) groups is 1. The fraction of sp³-hybridized carbons (Fsp3) is 0.559. The Hall–Kier alpha value is -2.73. The largest absolute Gasteiger partial charge is 0.493 e. The molecule has 0 aromatic heterocycles. The zero-order valence-electron chi connectivity index (χ0n) is 22.5. The molecule has 0 unspecified atom stereocenters. The molecule has 4 bridgehead atoms. The van der Waals surface area contributed by atoms with Crippen LogP contribution in [-0.2, 0) is 10.2 Å². The van der Waals surface area contributed by atoms with Crippen LogP contribution in [0.1, 0.15) is 112 Å². The number of ether oxygens (including phenoxy) is 2. The molecule has 0 aliphatic heterocycles. The molecule has 3 nitrogen and oxygen atoms in total. The molecule has 0 N–H and O–H groups in total. The number of hydrogen-bond donors (Lipinski definition) is 0. The zero-order valence-corrected chi connectivity index (χ0v) is 22.5. The third kappa shape index (κ3) is 6.40. The van der Waals surface area contributed by atoms with Gasteiger partial charge in [-0.1, -0.05) is 63.6 Å². The maximum absolute atomic E-state index is 12.3. The van der Waals surface area contributed by atoms with E-state index in [0.29, 0.717) is 5.56 Å². The quantitative estimate of drug-likeness (QED) is 0.177. The Bertz CT molecular complexity index is 1070. The first-order valence-electron chi connectivity index (χ1n) is 14.7. The Balaban J connectivity index is 1.29. The van der Waals surface area contributed by atoms with E-state index in [1.165, 1.54) is 82.6 Å². The summed E-state index contributed by atoms with van der Waals surface area (Å²) < 4.78 is 11.7. The van der Waals surface area contributed by atoms with E-state index in [1.807, 2.05) is 24.3 Å². The van der Waals surface area contributed by atoms with Gasteiger partial charge in [-0.25, -0.2) is 4.79 Å². The van der Waals surface area contributed by atoms with Gasteiger partial charge in [0.05, 0.1) is 12.2 Å². The van der Waals surface area contributed by atoms with Crippen molar-refractivity contribution in [3.05, 3.63) is 65.2 Å². The van der Waals surface area contributed by atoms with Gasteiger partial charge < -0.3 is 9.47 Å². The van der Waals surface area contributed by atoms with Crippen LogP contribution in [0.2, 0.25) is 0 Å². The van der Waals surface area contributed by atoms with Gasteiger partial charge in [-0.15, -0.1) is 0 Å². The molecule has 4 aliphatic rings. The lowest BCUT2D eigenvalue weighted by molar-refractivity contribution is -0.00641. The summed E-state index contributed by atoms with van der Waals surface area (Å²) in [5, 5.41) is 0. The van der Waals surface area contributed by atoms with E-state index in [2.05, 4.69) is 31.1 Å². The molecular formula is C34H42O3. The molecule has 4 fully saturated rings. The Morgan fingerprint density at radius 2 is 1.51 bits per heavy atom. The van der Waals surface area contributed by atoms with Crippen LogP contribution in [0.3, 0.4) is 0 Å². The second-order valence-corrected chi connectivity index (χ2v) is 11.9. The predicted octanol–water partition coefficient (Wildman–Crippen LogP) is 8.45. The molecule has 2 aromatic rings. The molecular weight excluding hydrogens is 456 g/mol. The summed E-state index contributed by atoms with van der Waals surface area (Å²) in [6, 6.07) is 15.4. The second-order valence-electron chi connectivity index (χ2n) is 11.9. The summed E-state index contributed by atoms with van der Waals surface area (Å²) in [6.07, 6.45) is 19.8. The van der Waals surface area contributed by atoms with Crippen molar-refractivity contribution in [2.24, 2.45) is 17.8 Å². The smallest absolute Gasteiger partial charge is 0.352 e. The molecule has 2 aromatic carbocycles. The highest BCUT2D eigenvalue weighted by atomic mass is 16.5. The molecule has 0 heterocycles. The highest BCUT2D eigenvalue weighted by Crippen LogP contribution is 2.62. The van der Waals surface area contributed by atoms with E-state index in [-0.39, 0.29) is 5.41 Å². The van der Waals surface area contributed by atoms with Crippen molar-refractivity contribution < 1.29 is 14.3 Å². The summed E-state index contributed by atoms with van der Waals surface area (Å²) in [7, 11) is 0. The fourth-order valence-electron chi connectivity index (χ4n) is 7.59. The van der Waals surface area contributed by atoms with Crippen LogP contribution >= 0.6 is 0 Å². The van der Waals surface area contributed by atoms with Gasteiger partial charge >= 0.3 is 5.97 Å². The van der Waals surface area contributed by atoms with Gasteiger partial charge in [0.25, 0.3) is 0 Å². The van der Waals surface area contributed by atoms with Crippen molar-refractivity contribution in [1.82, 2.24) is 0 Å². The van der Waals surface area contributed by atoms with Gasteiger partial charge in [0, 0.05) is 11.1 Å².